The number of hydrogen-bond donors (Lipinski definition) is 1. The van der Waals surface area contributed by atoms with Crippen molar-refractivity contribution >= 4 is 6.16 Å². The van der Waals surface area contributed by atoms with Crippen LogP contribution in [0.25, 0.3) is 0 Å². The molecule has 1 aliphatic heterocycles. The molecule has 5 nitrogen and oxygen atoms in total. The van der Waals surface area contributed by atoms with E-state index in [4.69, 9.17) is 14.2 Å². The van der Waals surface area contributed by atoms with E-state index in [2.05, 4.69) is 5.32 Å². The van der Waals surface area contributed by atoms with Gasteiger partial charge in [-0.25, -0.2) is 4.79 Å². The van der Waals surface area contributed by atoms with Gasteiger partial charge >= 0.3 is 6.16 Å². The van der Waals surface area contributed by atoms with Crippen molar-refractivity contribution in [1.29, 1.82) is 0 Å². The minimum Gasteiger partial charge on any atom is -0.434 e. The fraction of sp³-hybridized carbons (Fsp3) is 0.909. The lowest BCUT2D eigenvalue weighted by molar-refractivity contribution is -0.0645. The van der Waals surface area contributed by atoms with Crippen molar-refractivity contribution in [2.75, 3.05) is 26.3 Å². The first kappa shape index (κ1) is 13.3. The first-order valence-electron chi connectivity index (χ1n) is 5.73. The molecule has 1 fully saturated rings. The van der Waals surface area contributed by atoms with Gasteiger partial charge < -0.3 is 19.5 Å². The Labute approximate surface area is 96.4 Å². The van der Waals surface area contributed by atoms with Gasteiger partial charge in [0.05, 0.1) is 12.7 Å². The van der Waals surface area contributed by atoms with E-state index >= 15 is 0 Å². The Balaban J connectivity index is 2.11. The highest BCUT2D eigenvalue weighted by Crippen LogP contribution is 2.04. The Kier molecular flexibility index (Phi) is 5.55. The predicted octanol–water partition coefficient (Wildman–Crippen LogP) is 1.17. The molecule has 0 spiro atoms. The van der Waals surface area contributed by atoms with Gasteiger partial charge in [-0.05, 0) is 12.8 Å². The van der Waals surface area contributed by atoms with Gasteiger partial charge in [-0.2, -0.15) is 0 Å². The Bertz CT molecular complexity index is 220. The van der Waals surface area contributed by atoms with E-state index in [0.717, 1.165) is 6.54 Å². The molecule has 5 heteroatoms. The minimum absolute atomic E-state index is 0.0738. The summed E-state index contributed by atoms with van der Waals surface area (Å²) < 4.78 is 15.4. The zero-order valence-electron chi connectivity index (χ0n) is 10.2. The number of carbonyl (C=O) groups is 1. The molecule has 0 aliphatic carbocycles. The zero-order valence-corrected chi connectivity index (χ0v) is 10.2. The Hall–Kier alpha value is -0.810. The molecule has 16 heavy (non-hydrogen) atoms. The lowest BCUT2D eigenvalue weighted by Crippen LogP contribution is -2.45. The van der Waals surface area contributed by atoms with Crippen molar-refractivity contribution < 1.29 is 19.0 Å². The quantitative estimate of drug-likeness (QED) is 0.736. The average Bonchev–Trinajstić information content (AvgIpc) is 2.23. The van der Waals surface area contributed by atoms with Crippen LogP contribution in [0.4, 0.5) is 4.79 Å². The summed E-state index contributed by atoms with van der Waals surface area (Å²) in [6.07, 6.45) is -0.528. The van der Waals surface area contributed by atoms with Gasteiger partial charge in [0, 0.05) is 13.1 Å². The Morgan fingerprint density at radius 2 is 2.19 bits per heavy atom. The summed E-state index contributed by atoms with van der Waals surface area (Å²) in [5.74, 6) is 0.320. The van der Waals surface area contributed by atoms with E-state index in [-0.39, 0.29) is 18.8 Å². The third-order valence-electron chi connectivity index (χ3n) is 2.15. The summed E-state index contributed by atoms with van der Waals surface area (Å²) in [6, 6.07) is 0. The standard InChI is InChI=1S/C11H21NO4/c1-8(2)6-14-11(13)15-7-10-5-12-4-9(3)16-10/h8-10,12H,4-7H2,1-3H3. The molecule has 94 valence electrons. The molecule has 1 aliphatic rings. The van der Waals surface area contributed by atoms with Gasteiger partial charge in [-0.3, -0.25) is 0 Å². The van der Waals surface area contributed by atoms with E-state index in [1.165, 1.54) is 0 Å². The minimum atomic E-state index is -0.615. The summed E-state index contributed by atoms with van der Waals surface area (Å²) in [4.78, 5) is 11.2. The van der Waals surface area contributed by atoms with Crippen LogP contribution in [0.1, 0.15) is 20.8 Å². The molecule has 1 heterocycles. The number of carbonyl (C=O) groups excluding carboxylic acids is 1. The van der Waals surface area contributed by atoms with E-state index < -0.39 is 6.16 Å². The predicted molar refractivity (Wildman–Crippen MR) is 59.3 cm³/mol. The summed E-state index contributed by atoms with van der Waals surface area (Å²) in [6.45, 7) is 8.12. The van der Waals surface area contributed by atoms with Crippen LogP contribution >= 0.6 is 0 Å². The maximum atomic E-state index is 11.2. The number of nitrogens with one attached hydrogen (secondary N) is 1. The highest BCUT2D eigenvalue weighted by Gasteiger charge is 2.20. The van der Waals surface area contributed by atoms with E-state index in [1.807, 2.05) is 20.8 Å². The van der Waals surface area contributed by atoms with E-state index in [9.17, 15) is 4.79 Å². The third-order valence-corrected chi connectivity index (χ3v) is 2.15. The van der Waals surface area contributed by atoms with Crippen LogP contribution in [0.5, 0.6) is 0 Å². The maximum absolute atomic E-state index is 11.2. The average molecular weight is 231 g/mol. The van der Waals surface area contributed by atoms with Crippen molar-refractivity contribution in [2.45, 2.75) is 33.0 Å². The number of morpholine rings is 1. The lowest BCUT2D eigenvalue weighted by Gasteiger charge is -2.28. The van der Waals surface area contributed by atoms with E-state index in [0.29, 0.717) is 19.1 Å². The first-order chi connectivity index (χ1) is 7.58. The molecule has 0 saturated carbocycles. The topological polar surface area (TPSA) is 56.8 Å². The molecule has 0 aromatic rings. The molecule has 0 bridgehead atoms. The fourth-order valence-electron chi connectivity index (χ4n) is 1.41. The van der Waals surface area contributed by atoms with Crippen LogP contribution in [0.2, 0.25) is 0 Å². The molecule has 0 aromatic carbocycles. The number of ether oxygens (including phenoxy) is 3. The SMILES string of the molecule is CC(C)COC(=O)OCC1CNCC(C)O1. The Morgan fingerprint density at radius 3 is 2.81 bits per heavy atom. The molecule has 2 unspecified atom stereocenters. The van der Waals surface area contributed by atoms with Gasteiger partial charge in [0.25, 0.3) is 0 Å². The zero-order chi connectivity index (χ0) is 12.0. The fourth-order valence-corrected chi connectivity index (χ4v) is 1.41. The lowest BCUT2D eigenvalue weighted by atomic mass is 10.2. The van der Waals surface area contributed by atoms with Crippen LogP contribution in [0.15, 0.2) is 0 Å². The van der Waals surface area contributed by atoms with Gasteiger partial charge in [0.2, 0.25) is 0 Å². The molecule has 1 saturated heterocycles. The normalized spacial score (nSPS) is 25.5. The third kappa shape index (κ3) is 5.32. The maximum Gasteiger partial charge on any atom is 0.508 e. The van der Waals surface area contributed by atoms with Crippen LogP contribution in [0.3, 0.4) is 0 Å². The largest absolute Gasteiger partial charge is 0.508 e. The smallest absolute Gasteiger partial charge is 0.434 e. The van der Waals surface area contributed by atoms with Crippen molar-refractivity contribution in [2.24, 2.45) is 5.92 Å². The van der Waals surface area contributed by atoms with Crippen molar-refractivity contribution in [3.63, 3.8) is 0 Å². The van der Waals surface area contributed by atoms with Crippen molar-refractivity contribution in [3.05, 3.63) is 0 Å². The molecular formula is C11H21NO4. The highest BCUT2D eigenvalue weighted by molar-refractivity contribution is 5.59. The molecule has 0 radical (unpaired) electrons. The van der Waals surface area contributed by atoms with Crippen molar-refractivity contribution in [1.82, 2.24) is 5.32 Å². The van der Waals surface area contributed by atoms with Crippen LogP contribution in [-0.2, 0) is 14.2 Å². The van der Waals surface area contributed by atoms with Gasteiger partial charge in [0.1, 0.15) is 12.7 Å². The van der Waals surface area contributed by atoms with Gasteiger partial charge in [-0.15, -0.1) is 0 Å². The van der Waals surface area contributed by atoms with Crippen LogP contribution < -0.4 is 5.32 Å². The molecule has 2 atom stereocenters. The second-order valence-electron chi connectivity index (χ2n) is 4.49. The number of rotatable bonds is 4. The second-order valence-corrected chi connectivity index (χ2v) is 4.49. The molecule has 1 N–H and O–H groups in total. The summed E-state index contributed by atoms with van der Waals surface area (Å²) >= 11 is 0. The van der Waals surface area contributed by atoms with Gasteiger partial charge in [0.15, 0.2) is 0 Å². The van der Waals surface area contributed by atoms with Crippen LogP contribution in [-0.4, -0.2) is 44.7 Å². The molecular weight excluding hydrogens is 210 g/mol. The van der Waals surface area contributed by atoms with Crippen molar-refractivity contribution in [3.8, 4) is 0 Å². The molecule has 0 aromatic heterocycles. The van der Waals surface area contributed by atoms with Crippen LogP contribution in [0, 0.1) is 5.92 Å². The van der Waals surface area contributed by atoms with Gasteiger partial charge in [-0.1, -0.05) is 13.8 Å². The molecule has 1 rings (SSSR count). The monoisotopic (exact) mass is 231 g/mol. The first-order valence-corrected chi connectivity index (χ1v) is 5.73. The van der Waals surface area contributed by atoms with E-state index in [1.54, 1.807) is 0 Å². The summed E-state index contributed by atoms with van der Waals surface area (Å²) in [5.41, 5.74) is 0. The number of hydrogen-bond acceptors (Lipinski definition) is 5. The molecule has 0 amide bonds. The summed E-state index contributed by atoms with van der Waals surface area (Å²) in [5, 5.41) is 3.20. The summed E-state index contributed by atoms with van der Waals surface area (Å²) in [7, 11) is 0. The Morgan fingerprint density at radius 1 is 1.44 bits per heavy atom. The highest BCUT2D eigenvalue weighted by atomic mass is 16.7. The second kappa shape index (κ2) is 6.70.